The molecule has 2 nitrogen and oxygen atoms in total. The Kier molecular flexibility index (Phi) is 14.6. The van der Waals surface area contributed by atoms with E-state index < -0.39 is 0 Å². The van der Waals surface area contributed by atoms with Crippen LogP contribution >= 0.6 is 0 Å². The number of para-hydroxylation sites is 1. The van der Waals surface area contributed by atoms with Crippen LogP contribution in [0.15, 0.2) is 281 Å². The fourth-order valence-electron chi connectivity index (χ4n) is 9.11. The van der Waals surface area contributed by atoms with Gasteiger partial charge < -0.3 is 9.47 Å². The van der Waals surface area contributed by atoms with E-state index in [0.717, 1.165) is 45.8 Å². The fourth-order valence-corrected chi connectivity index (χ4v) is 9.11. The lowest BCUT2D eigenvalue weighted by molar-refractivity contribution is 1.17. The molecule has 0 bridgehead atoms. The van der Waals surface area contributed by atoms with Gasteiger partial charge in [0.1, 0.15) is 0 Å². The van der Waals surface area contributed by atoms with Crippen LogP contribution in [0.3, 0.4) is 0 Å². The van der Waals surface area contributed by atoms with Gasteiger partial charge in [-0.15, -0.1) is 19.7 Å². The quantitative estimate of drug-likeness (QED) is 0.0927. The van der Waals surface area contributed by atoms with Gasteiger partial charge in [-0.25, -0.2) is 0 Å². The van der Waals surface area contributed by atoms with E-state index in [1.807, 2.05) is 12.1 Å². The van der Waals surface area contributed by atoms with Gasteiger partial charge in [0.25, 0.3) is 0 Å². The Morgan fingerprint density at radius 3 is 1.14 bits per heavy atom. The molecular weight excluding hydrogens is 845 g/mol. The molecule has 0 fully saturated rings. The van der Waals surface area contributed by atoms with Crippen LogP contribution in [0, 0.1) is 0 Å². The molecule has 1 aromatic heterocycles. The van der Waals surface area contributed by atoms with Crippen molar-refractivity contribution >= 4 is 51.0 Å². The summed E-state index contributed by atoms with van der Waals surface area (Å²) < 4.78 is 2.43. The molecule has 10 aromatic carbocycles. The van der Waals surface area contributed by atoms with Crippen LogP contribution in [-0.2, 0) is 0 Å². The molecule has 11 rings (SSSR count). The Morgan fingerprint density at radius 1 is 0.371 bits per heavy atom. The van der Waals surface area contributed by atoms with Crippen LogP contribution < -0.4 is 4.90 Å². The van der Waals surface area contributed by atoms with Gasteiger partial charge in [-0.05, 0) is 135 Å². The van der Waals surface area contributed by atoms with Crippen LogP contribution in [0.2, 0.25) is 0 Å². The maximum atomic E-state index is 3.48. The molecule has 11 aromatic rings. The molecule has 0 aliphatic carbocycles. The second-order valence-electron chi connectivity index (χ2n) is 16.8. The number of hydrogen-bond donors (Lipinski definition) is 0. The van der Waals surface area contributed by atoms with Crippen molar-refractivity contribution in [2.45, 2.75) is 13.3 Å². The molecule has 338 valence electrons. The maximum absolute atomic E-state index is 3.48. The molecule has 0 saturated heterocycles. The average molecular weight is 901 g/mol. The lowest BCUT2D eigenvalue weighted by Crippen LogP contribution is -2.10. The van der Waals surface area contributed by atoms with E-state index in [0.29, 0.717) is 0 Å². The first-order chi connectivity index (χ1) is 34.7. The molecule has 0 atom stereocenters. The Bertz CT molecular complexity index is 3340. The van der Waals surface area contributed by atoms with E-state index in [4.69, 9.17) is 0 Å². The van der Waals surface area contributed by atoms with E-state index in [9.17, 15) is 0 Å². The zero-order valence-corrected chi connectivity index (χ0v) is 39.7. The largest absolute Gasteiger partial charge is 0.311 e. The highest BCUT2D eigenvalue weighted by Gasteiger charge is 2.18. The number of fused-ring (bicyclic) bond motifs is 3. The summed E-state index contributed by atoms with van der Waals surface area (Å²) >= 11 is 0. The second-order valence-corrected chi connectivity index (χ2v) is 16.8. The molecular formula is C68H56N2. The highest BCUT2D eigenvalue weighted by Crippen LogP contribution is 2.42. The number of aromatic nitrogens is 1. The minimum absolute atomic E-state index is 1.08. The average Bonchev–Trinajstić information content (AvgIpc) is 3.77. The highest BCUT2D eigenvalue weighted by molar-refractivity contribution is 6.12. The zero-order valence-electron chi connectivity index (χ0n) is 39.7. The topological polar surface area (TPSA) is 8.17 Å². The SMILES string of the molecule is C(=C\c1ccc(N(c2ccccc2)c2ccc(-n3c4ccc(-c5ccccc5-c5ccccc5)cc4c4cc(-c5ccccc5-c5ccccc5)ccc43)cc2)cc1)/c1ccccc1.C=C.C=CCC. The van der Waals surface area contributed by atoms with Gasteiger partial charge in [0, 0.05) is 33.5 Å². The third-order valence-electron chi connectivity index (χ3n) is 12.5. The van der Waals surface area contributed by atoms with Crippen LogP contribution in [0.1, 0.15) is 24.5 Å². The van der Waals surface area contributed by atoms with Gasteiger partial charge in [-0.1, -0.05) is 207 Å². The van der Waals surface area contributed by atoms with Gasteiger partial charge >= 0.3 is 0 Å². The van der Waals surface area contributed by atoms with Crippen molar-refractivity contribution in [1.29, 1.82) is 0 Å². The molecule has 0 aliphatic heterocycles. The highest BCUT2D eigenvalue weighted by atomic mass is 15.1. The number of hydrogen-bond acceptors (Lipinski definition) is 1. The fraction of sp³-hybridized carbons (Fsp3) is 0.0294. The smallest absolute Gasteiger partial charge is 0.0541 e. The molecule has 0 spiro atoms. The van der Waals surface area contributed by atoms with Crippen molar-refractivity contribution in [2.24, 2.45) is 0 Å². The summed E-state index contributed by atoms with van der Waals surface area (Å²) in [6.07, 6.45) is 7.29. The lowest BCUT2D eigenvalue weighted by Gasteiger charge is -2.26. The molecule has 0 N–H and O–H groups in total. The Labute approximate surface area is 413 Å². The van der Waals surface area contributed by atoms with Crippen molar-refractivity contribution in [1.82, 2.24) is 4.57 Å². The predicted octanol–water partition coefficient (Wildman–Crippen LogP) is 19.5. The second kappa shape index (κ2) is 22.2. The summed E-state index contributed by atoms with van der Waals surface area (Å²) in [5, 5.41) is 2.43. The van der Waals surface area contributed by atoms with Gasteiger partial charge in [-0.3, -0.25) is 0 Å². The van der Waals surface area contributed by atoms with E-state index >= 15 is 0 Å². The molecule has 2 heteroatoms. The van der Waals surface area contributed by atoms with E-state index in [2.05, 4.69) is 297 Å². The minimum Gasteiger partial charge on any atom is -0.311 e. The van der Waals surface area contributed by atoms with Gasteiger partial charge in [0.2, 0.25) is 0 Å². The van der Waals surface area contributed by atoms with Gasteiger partial charge in [0.15, 0.2) is 0 Å². The minimum atomic E-state index is 1.08. The summed E-state index contributed by atoms with van der Waals surface area (Å²) in [6.45, 7) is 11.5. The summed E-state index contributed by atoms with van der Waals surface area (Å²) in [7, 11) is 0. The first-order valence-electron chi connectivity index (χ1n) is 23.9. The monoisotopic (exact) mass is 900 g/mol. The van der Waals surface area contributed by atoms with Crippen molar-refractivity contribution in [3.63, 3.8) is 0 Å². The van der Waals surface area contributed by atoms with Gasteiger partial charge in [0.05, 0.1) is 11.0 Å². The lowest BCUT2D eigenvalue weighted by atomic mass is 9.92. The molecule has 0 aliphatic rings. The first-order valence-corrected chi connectivity index (χ1v) is 23.9. The number of anilines is 3. The molecule has 1 heterocycles. The maximum Gasteiger partial charge on any atom is 0.0541 e. The summed E-state index contributed by atoms with van der Waals surface area (Å²) in [4.78, 5) is 2.33. The predicted molar refractivity (Wildman–Crippen MR) is 304 cm³/mol. The Balaban J connectivity index is 0.000000967. The third kappa shape index (κ3) is 9.99. The molecule has 0 unspecified atom stereocenters. The number of allylic oxidation sites excluding steroid dienone is 1. The summed E-state index contributed by atoms with van der Waals surface area (Å²) in [6, 6.07) is 91.8. The van der Waals surface area contributed by atoms with Crippen LogP contribution in [0.5, 0.6) is 0 Å². The van der Waals surface area contributed by atoms with Crippen LogP contribution in [0.4, 0.5) is 17.1 Å². The van der Waals surface area contributed by atoms with Crippen molar-refractivity contribution in [3.05, 3.63) is 292 Å². The van der Waals surface area contributed by atoms with Gasteiger partial charge in [-0.2, -0.15) is 0 Å². The first kappa shape index (κ1) is 46.1. The zero-order chi connectivity index (χ0) is 48.1. The summed E-state index contributed by atoms with van der Waals surface area (Å²) in [5.74, 6) is 0. The molecule has 0 radical (unpaired) electrons. The van der Waals surface area contributed by atoms with Crippen molar-refractivity contribution < 1.29 is 0 Å². The molecule has 70 heavy (non-hydrogen) atoms. The van der Waals surface area contributed by atoms with Crippen molar-refractivity contribution in [2.75, 3.05) is 4.90 Å². The van der Waals surface area contributed by atoms with E-state index in [1.165, 1.54) is 60.8 Å². The van der Waals surface area contributed by atoms with Crippen LogP contribution in [0.25, 0.3) is 84.2 Å². The Hall–Kier alpha value is -8.98. The van der Waals surface area contributed by atoms with E-state index in [1.54, 1.807) is 0 Å². The summed E-state index contributed by atoms with van der Waals surface area (Å²) in [5.41, 5.74) is 18.7. The Morgan fingerprint density at radius 2 is 0.714 bits per heavy atom. The third-order valence-corrected chi connectivity index (χ3v) is 12.5. The van der Waals surface area contributed by atoms with Crippen molar-refractivity contribution in [3.8, 4) is 50.2 Å². The number of nitrogens with zero attached hydrogens (tertiary/aromatic N) is 2. The molecule has 0 saturated carbocycles. The van der Waals surface area contributed by atoms with E-state index in [-0.39, 0.29) is 0 Å². The number of rotatable bonds is 11. The standard InChI is InChI=1S/C62H44N2.C4H8.C2H4/c1-5-17-45(18-6-1)29-30-46-31-35-52(36-32-46)63(51-23-11-4-12-24-51)53-37-39-54(40-38-53)64-61-41-33-49(57-27-15-13-25-55(57)47-19-7-2-8-20-47)43-59(61)60-44-50(34-42-62(60)64)58-28-16-14-26-56(58)48-21-9-3-10-22-48;1-3-4-2;1-2/h1-44H;3H,1,4H2,2H3;1-2H2/b30-29+;;. The normalized spacial score (nSPS) is 10.8. The molecule has 0 amide bonds. The number of benzene rings is 10. The van der Waals surface area contributed by atoms with Crippen LogP contribution in [-0.4, -0.2) is 4.57 Å².